The number of carbonyl (C=O) groups is 1. The Labute approximate surface area is 142 Å². The van der Waals surface area contributed by atoms with Crippen molar-refractivity contribution in [3.63, 3.8) is 0 Å². The van der Waals surface area contributed by atoms with Gasteiger partial charge in [0.15, 0.2) is 0 Å². The molecule has 128 valence electrons. The molecule has 0 spiro atoms. The summed E-state index contributed by atoms with van der Waals surface area (Å²) < 4.78 is 10.4. The van der Waals surface area contributed by atoms with Gasteiger partial charge in [0.05, 0.1) is 20.1 Å². The van der Waals surface area contributed by atoms with Crippen LogP contribution >= 0.6 is 0 Å². The Bertz CT molecular complexity index is 708. The number of carbonyl (C=O) groups excluding carboxylic acids is 1. The molecule has 1 aromatic carbocycles. The number of rotatable bonds is 6. The Morgan fingerprint density at radius 2 is 1.96 bits per heavy atom. The number of benzene rings is 1. The summed E-state index contributed by atoms with van der Waals surface area (Å²) in [6.07, 6.45) is 1.77. The molecule has 0 bridgehead atoms. The Balaban J connectivity index is 2.43. The van der Waals surface area contributed by atoms with Gasteiger partial charge in [-0.2, -0.15) is 0 Å². The van der Waals surface area contributed by atoms with E-state index in [1.165, 1.54) is 0 Å². The van der Waals surface area contributed by atoms with Gasteiger partial charge in [0.25, 0.3) is 0 Å². The smallest absolute Gasteiger partial charge is 0.307 e. The van der Waals surface area contributed by atoms with Crippen LogP contribution in [0, 0.1) is 13.8 Å². The Hall–Kier alpha value is -2.40. The first-order valence-electron chi connectivity index (χ1n) is 7.99. The van der Waals surface area contributed by atoms with Crippen LogP contribution in [0.25, 0.3) is 11.1 Å². The molecule has 2 aromatic rings. The molecule has 2 rings (SSSR count). The minimum atomic E-state index is -0.467. The number of aromatic nitrogens is 1. The van der Waals surface area contributed by atoms with E-state index >= 15 is 0 Å². The summed E-state index contributed by atoms with van der Waals surface area (Å²) >= 11 is 0. The topological polar surface area (TPSA) is 74.4 Å². The lowest BCUT2D eigenvalue weighted by Gasteiger charge is -2.17. The molecule has 0 saturated heterocycles. The second-order valence-corrected chi connectivity index (χ2v) is 5.71. The molecule has 1 atom stereocenters. The second kappa shape index (κ2) is 7.93. The van der Waals surface area contributed by atoms with E-state index in [9.17, 15) is 4.79 Å². The van der Waals surface area contributed by atoms with E-state index in [4.69, 9.17) is 15.2 Å². The lowest BCUT2D eigenvalue weighted by Crippen LogP contribution is -2.17. The van der Waals surface area contributed by atoms with Gasteiger partial charge in [-0.05, 0) is 49.1 Å². The number of esters is 1. The van der Waals surface area contributed by atoms with E-state index in [0.717, 1.165) is 27.8 Å². The van der Waals surface area contributed by atoms with Crippen molar-refractivity contribution in [2.45, 2.75) is 33.2 Å². The van der Waals surface area contributed by atoms with Gasteiger partial charge in [-0.3, -0.25) is 4.79 Å². The maximum atomic E-state index is 11.7. The molecule has 0 aliphatic heterocycles. The minimum absolute atomic E-state index is 0.119. The van der Waals surface area contributed by atoms with Crippen LogP contribution in [0.4, 0.5) is 0 Å². The highest BCUT2D eigenvalue weighted by Crippen LogP contribution is 2.35. The molecule has 24 heavy (non-hydrogen) atoms. The molecule has 0 amide bonds. The van der Waals surface area contributed by atoms with Gasteiger partial charge in [-0.1, -0.05) is 18.2 Å². The lowest BCUT2D eigenvalue weighted by molar-refractivity contribution is -0.143. The van der Waals surface area contributed by atoms with Gasteiger partial charge in [-0.25, -0.2) is 4.98 Å². The monoisotopic (exact) mass is 328 g/mol. The van der Waals surface area contributed by atoms with Crippen molar-refractivity contribution < 1.29 is 14.3 Å². The van der Waals surface area contributed by atoms with Crippen LogP contribution in [-0.2, 0) is 9.53 Å². The Morgan fingerprint density at radius 3 is 2.54 bits per heavy atom. The Morgan fingerprint density at radius 1 is 1.29 bits per heavy atom. The van der Waals surface area contributed by atoms with Crippen molar-refractivity contribution in [2.24, 2.45) is 5.73 Å². The molecule has 1 heterocycles. The molecule has 0 aliphatic carbocycles. The maximum Gasteiger partial charge on any atom is 0.307 e. The first-order valence-corrected chi connectivity index (χ1v) is 7.99. The minimum Gasteiger partial charge on any atom is -0.481 e. The highest BCUT2D eigenvalue weighted by molar-refractivity contribution is 5.76. The zero-order valence-electron chi connectivity index (χ0n) is 14.6. The number of pyridine rings is 1. The van der Waals surface area contributed by atoms with Gasteiger partial charge in [0, 0.05) is 17.8 Å². The van der Waals surface area contributed by atoms with Crippen molar-refractivity contribution in [3.05, 3.63) is 47.2 Å². The number of hydrogen-bond donors (Lipinski definition) is 1. The molecule has 5 nitrogen and oxygen atoms in total. The first kappa shape index (κ1) is 17.9. The molecule has 1 unspecified atom stereocenters. The number of nitrogens with two attached hydrogens (primary N) is 1. The van der Waals surface area contributed by atoms with E-state index in [0.29, 0.717) is 12.5 Å². The summed E-state index contributed by atoms with van der Waals surface area (Å²) in [6.45, 7) is 6.22. The van der Waals surface area contributed by atoms with Crippen LogP contribution in [0.1, 0.15) is 36.1 Å². The SMILES string of the molecule is CCOC(=O)CC(N)c1cnc(OC)c(-c2c(C)cccc2C)c1. The second-order valence-electron chi connectivity index (χ2n) is 5.71. The first-order chi connectivity index (χ1) is 11.5. The van der Waals surface area contributed by atoms with Gasteiger partial charge < -0.3 is 15.2 Å². The summed E-state index contributed by atoms with van der Waals surface area (Å²) in [4.78, 5) is 16.0. The van der Waals surface area contributed by atoms with Crippen molar-refractivity contribution in [3.8, 4) is 17.0 Å². The lowest BCUT2D eigenvalue weighted by atomic mass is 9.94. The number of nitrogens with zero attached hydrogens (tertiary/aromatic N) is 1. The normalized spacial score (nSPS) is 11.9. The van der Waals surface area contributed by atoms with E-state index in [-0.39, 0.29) is 12.4 Å². The average Bonchev–Trinajstić information content (AvgIpc) is 2.54. The van der Waals surface area contributed by atoms with Gasteiger partial charge >= 0.3 is 5.97 Å². The molecular formula is C19H24N2O3. The highest BCUT2D eigenvalue weighted by Gasteiger charge is 2.18. The third kappa shape index (κ3) is 3.92. The molecule has 1 aromatic heterocycles. The number of methoxy groups -OCH3 is 1. The van der Waals surface area contributed by atoms with E-state index in [2.05, 4.69) is 4.98 Å². The summed E-state index contributed by atoms with van der Waals surface area (Å²) in [5, 5.41) is 0. The van der Waals surface area contributed by atoms with Crippen LogP contribution in [0.5, 0.6) is 5.88 Å². The molecule has 0 aliphatic rings. The third-order valence-corrected chi connectivity index (χ3v) is 3.94. The summed E-state index contributed by atoms with van der Waals surface area (Å²) in [5.41, 5.74) is 11.2. The summed E-state index contributed by atoms with van der Waals surface area (Å²) in [7, 11) is 1.59. The van der Waals surface area contributed by atoms with Crippen LogP contribution < -0.4 is 10.5 Å². The summed E-state index contributed by atoms with van der Waals surface area (Å²) in [6, 6.07) is 7.60. The highest BCUT2D eigenvalue weighted by atomic mass is 16.5. The largest absolute Gasteiger partial charge is 0.481 e. The van der Waals surface area contributed by atoms with Gasteiger partial charge in [0.1, 0.15) is 0 Å². The van der Waals surface area contributed by atoms with Crippen molar-refractivity contribution in [2.75, 3.05) is 13.7 Å². The van der Waals surface area contributed by atoms with E-state index in [1.807, 2.05) is 38.1 Å². The van der Waals surface area contributed by atoms with Crippen molar-refractivity contribution in [1.29, 1.82) is 0 Å². The van der Waals surface area contributed by atoms with Crippen LogP contribution in [0.15, 0.2) is 30.5 Å². The van der Waals surface area contributed by atoms with Gasteiger partial charge in [-0.15, -0.1) is 0 Å². The number of ether oxygens (including phenoxy) is 2. The predicted octanol–water partition coefficient (Wildman–Crippen LogP) is 3.33. The molecule has 0 saturated carbocycles. The zero-order valence-corrected chi connectivity index (χ0v) is 14.6. The van der Waals surface area contributed by atoms with E-state index in [1.54, 1.807) is 20.2 Å². The standard InChI is InChI=1S/C19H24N2O3/c1-5-24-17(22)10-16(20)14-9-15(19(23-4)21-11-14)18-12(2)7-6-8-13(18)3/h6-9,11,16H,5,10,20H2,1-4H3. The van der Waals surface area contributed by atoms with Crippen LogP contribution in [-0.4, -0.2) is 24.7 Å². The number of hydrogen-bond acceptors (Lipinski definition) is 5. The fourth-order valence-electron chi connectivity index (χ4n) is 2.77. The summed E-state index contributed by atoms with van der Waals surface area (Å²) in [5.74, 6) is 0.230. The zero-order chi connectivity index (χ0) is 17.7. The maximum absolute atomic E-state index is 11.7. The van der Waals surface area contributed by atoms with E-state index < -0.39 is 6.04 Å². The molecule has 0 radical (unpaired) electrons. The van der Waals surface area contributed by atoms with Crippen molar-refractivity contribution >= 4 is 5.97 Å². The molecule has 2 N–H and O–H groups in total. The van der Waals surface area contributed by atoms with Gasteiger partial charge in [0.2, 0.25) is 5.88 Å². The average molecular weight is 328 g/mol. The quantitative estimate of drug-likeness (QED) is 0.823. The van der Waals surface area contributed by atoms with Crippen LogP contribution in [0.3, 0.4) is 0 Å². The van der Waals surface area contributed by atoms with Crippen molar-refractivity contribution in [1.82, 2.24) is 4.98 Å². The number of aryl methyl sites for hydroxylation is 2. The fourth-order valence-corrected chi connectivity index (χ4v) is 2.77. The Kier molecular flexibility index (Phi) is 5.93. The third-order valence-electron chi connectivity index (χ3n) is 3.94. The molecule has 5 heteroatoms. The van der Waals surface area contributed by atoms with Crippen LogP contribution in [0.2, 0.25) is 0 Å². The fraction of sp³-hybridized carbons (Fsp3) is 0.368. The molecule has 0 fully saturated rings. The molecular weight excluding hydrogens is 304 g/mol. The predicted molar refractivity (Wildman–Crippen MR) is 93.9 cm³/mol.